The number of amides is 2. The van der Waals surface area contributed by atoms with Crippen molar-refractivity contribution in [2.45, 2.75) is 64.1 Å². The maximum Gasteiger partial charge on any atom is 0.261 e. The molecule has 1 atom stereocenters. The first kappa shape index (κ1) is 24.9. The van der Waals surface area contributed by atoms with Crippen LogP contribution in [0.15, 0.2) is 48.5 Å². The number of nitrogens with one attached hydrogen (secondary N) is 1. The van der Waals surface area contributed by atoms with Crippen LogP contribution in [0.2, 0.25) is 5.02 Å². The van der Waals surface area contributed by atoms with Crippen molar-refractivity contribution in [3.63, 3.8) is 0 Å². The van der Waals surface area contributed by atoms with Gasteiger partial charge >= 0.3 is 0 Å². The van der Waals surface area contributed by atoms with E-state index in [9.17, 15) is 9.59 Å². The smallest absolute Gasteiger partial charge is 0.261 e. The molecule has 7 heteroatoms. The number of nitrogens with zero attached hydrogens (tertiary/aromatic N) is 1. The van der Waals surface area contributed by atoms with E-state index < -0.39 is 6.04 Å². The Morgan fingerprint density at radius 2 is 1.73 bits per heavy atom. The monoisotopic (exact) mass is 472 g/mol. The number of ether oxygens (including phenoxy) is 2. The van der Waals surface area contributed by atoms with E-state index in [-0.39, 0.29) is 31.0 Å². The molecule has 0 heterocycles. The Bertz CT molecular complexity index is 930. The van der Waals surface area contributed by atoms with E-state index in [1.54, 1.807) is 30.2 Å². The molecule has 2 aromatic carbocycles. The van der Waals surface area contributed by atoms with Gasteiger partial charge in [-0.05, 0) is 43.0 Å². The molecule has 0 spiro atoms. The molecule has 3 rings (SSSR count). The zero-order valence-corrected chi connectivity index (χ0v) is 20.1. The normalized spacial score (nSPS) is 14.9. The number of rotatable bonds is 10. The third-order valence-electron chi connectivity index (χ3n) is 6.06. The van der Waals surface area contributed by atoms with Crippen LogP contribution in [0.1, 0.15) is 51.0 Å². The number of hydrogen-bond acceptors (Lipinski definition) is 4. The highest BCUT2D eigenvalue weighted by Crippen LogP contribution is 2.26. The van der Waals surface area contributed by atoms with Gasteiger partial charge in [-0.3, -0.25) is 9.59 Å². The Balaban J connectivity index is 1.78. The molecule has 6 nitrogen and oxygen atoms in total. The van der Waals surface area contributed by atoms with Gasteiger partial charge in [0.15, 0.2) is 18.1 Å². The molecule has 1 fully saturated rings. The van der Waals surface area contributed by atoms with Crippen molar-refractivity contribution in [2.24, 2.45) is 0 Å². The lowest BCUT2D eigenvalue weighted by molar-refractivity contribution is -0.143. The molecule has 178 valence electrons. The highest BCUT2D eigenvalue weighted by Gasteiger charge is 2.31. The van der Waals surface area contributed by atoms with Crippen LogP contribution in [0, 0.1) is 0 Å². The second kappa shape index (κ2) is 12.5. The van der Waals surface area contributed by atoms with E-state index in [1.807, 2.05) is 37.3 Å². The van der Waals surface area contributed by atoms with E-state index in [0.717, 1.165) is 31.2 Å². The van der Waals surface area contributed by atoms with Gasteiger partial charge < -0.3 is 19.7 Å². The lowest BCUT2D eigenvalue weighted by Gasteiger charge is -2.33. The first-order valence-corrected chi connectivity index (χ1v) is 12.0. The van der Waals surface area contributed by atoms with Crippen LogP contribution in [0.5, 0.6) is 11.5 Å². The van der Waals surface area contributed by atoms with Gasteiger partial charge in [0.1, 0.15) is 6.04 Å². The molecule has 2 amide bonds. The summed E-state index contributed by atoms with van der Waals surface area (Å²) < 4.78 is 11.1. The number of hydrogen-bond donors (Lipinski definition) is 1. The van der Waals surface area contributed by atoms with E-state index in [2.05, 4.69) is 5.32 Å². The SMILES string of the molecule is CC[C@@H](C(=O)NC1CCCCC1)N(Cc1ccccc1Cl)C(=O)COc1ccccc1OC. The highest BCUT2D eigenvalue weighted by molar-refractivity contribution is 6.31. The van der Waals surface area contributed by atoms with E-state index in [4.69, 9.17) is 21.1 Å². The summed E-state index contributed by atoms with van der Waals surface area (Å²) in [6.07, 6.45) is 5.91. The summed E-state index contributed by atoms with van der Waals surface area (Å²) in [6.45, 7) is 1.93. The van der Waals surface area contributed by atoms with Gasteiger partial charge in [0.05, 0.1) is 7.11 Å². The van der Waals surface area contributed by atoms with Crippen LogP contribution >= 0.6 is 11.6 Å². The second-order valence-corrected chi connectivity index (χ2v) is 8.73. The minimum Gasteiger partial charge on any atom is -0.493 e. The van der Waals surface area contributed by atoms with E-state index in [1.165, 1.54) is 6.42 Å². The van der Waals surface area contributed by atoms with Crippen molar-refractivity contribution >= 4 is 23.4 Å². The Hall–Kier alpha value is -2.73. The summed E-state index contributed by atoms with van der Waals surface area (Å²) in [5, 5.41) is 3.73. The van der Waals surface area contributed by atoms with Gasteiger partial charge in [-0.15, -0.1) is 0 Å². The predicted octanol–water partition coefficient (Wildman–Crippen LogP) is 4.98. The first-order valence-electron chi connectivity index (χ1n) is 11.6. The standard InChI is InChI=1S/C26H33ClN2O4/c1-3-22(26(31)28-20-12-5-4-6-13-20)29(17-19-11-7-8-14-21(19)27)25(30)18-33-24-16-10-9-15-23(24)32-2/h7-11,14-16,20,22H,3-6,12-13,17-18H2,1-2H3,(H,28,31)/t22-/m0/s1. The van der Waals surface area contributed by atoms with Gasteiger partial charge in [0.25, 0.3) is 5.91 Å². The number of carbonyl (C=O) groups excluding carboxylic acids is 2. The number of carbonyl (C=O) groups is 2. The average Bonchev–Trinajstić information content (AvgIpc) is 2.84. The topological polar surface area (TPSA) is 67.9 Å². The molecule has 0 saturated heterocycles. The first-order chi connectivity index (χ1) is 16.0. The molecule has 0 bridgehead atoms. The van der Waals surface area contributed by atoms with Crippen molar-refractivity contribution in [2.75, 3.05) is 13.7 Å². The number of benzene rings is 2. The quantitative estimate of drug-likeness (QED) is 0.529. The molecule has 1 aliphatic rings. The molecule has 0 unspecified atom stereocenters. The molecule has 0 aliphatic heterocycles. The molecular formula is C26H33ClN2O4. The number of methoxy groups -OCH3 is 1. The minimum absolute atomic E-state index is 0.123. The third kappa shape index (κ3) is 6.87. The van der Waals surface area contributed by atoms with Gasteiger partial charge in [0.2, 0.25) is 5.91 Å². The second-order valence-electron chi connectivity index (χ2n) is 8.32. The van der Waals surface area contributed by atoms with Crippen LogP contribution < -0.4 is 14.8 Å². The summed E-state index contributed by atoms with van der Waals surface area (Å²) in [5.74, 6) is 0.615. The Morgan fingerprint density at radius 1 is 1.06 bits per heavy atom. The zero-order chi connectivity index (χ0) is 23.6. The summed E-state index contributed by atoms with van der Waals surface area (Å²) in [6, 6.07) is 14.1. The molecule has 0 aromatic heterocycles. The van der Waals surface area contributed by atoms with Gasteiger partial charge in [0, 0.05) is 17.6 Å². The van der Waals surface area contributed by atoms with Crippen molar-refractivity contribution in [1.29, 1.82) is 0 Å². The predicted molar refractivity (Wildman–Crippen MR) is 130 cm³/mol. The van der Waals surface area contributed by atoms with Crippen molar-refractivity contribution in [1.82, 2.24) is 10.2 Å². The van der Waals surface area contributed by atoms with Crippen LogP contribution in [0.4, 0.5) is 0 Å². The van der Waals surface area contributed by atoms with Gasteiger partial charge in [-0.1, -0.05) is 68.1 Å². The van der Waals surface area contributed by atoms with Crippen LogP contribution in [-0.2, 0) is 16.1 Å². The largest absolute Gasteiger partial charge is 0.493 e. The molecule has 2 aromatic rings. The number of halogens is 1. The Labute approximate surface area is 201 Å². The number of para-hydroxylation sites is 2. The van der Waals surface area contributed by atoms with Crippen molar-refractivity contribution in [3.05, 3.63) is 59.1 Å². The molecular weight excluding hydrogens is 440 g/mol. The Morgan fingerprint density at radius 3 is 2.39 bits per heavy atom. The lowest BCUT2D eigenvalue weighted by atomic mass is 9.95. The van der Waals surface area contributed by atoms with Gasteiger partial charge in [-0.25, -0.2) is 0 Å². The lowest BCUT2D eigenvalue weighted by Crippen LogP contribution is -2.52. The zero-order valence-electron chi connectivity index (χ0n) is 19.4. The Kier molecular flexibility index (Phi) is 9.43. The molecule has 1 N–H and O–H groups in total. The van der Waals surface area contributed by atoms with Crippen molar-refractivity contribution in [3.8, 4) is 11.5 Å². The molecule has 1 aliphatic carbocycles. The summed E-state index contributed by atoms with van der Waals surface area (Å²) in [4.78, 5) is 28.2. The summed E-state index contributed by atoms with van der Waals surface area (Å²) >= 11 is 6.38. The van der Waals surface area contributed by atoms with E-state index in [0.29, 0.717) is 22.9 Å². The molecule has 0 radical (unpaired) electrons. The average molecular weight is 473 g/mol. The summed E-state index contributed by atoms with van der Waals surface area (Å²) in [7, 11) is 1.55. The fraction of sp³-hybridized carbons (Fsp3) is 0.462. The van der Waals surface area contributed by atoms with Crippen LogP contribution in [0.25, 0.3) is 0 Å². The van der Waals surface area contributed by atoms with Crippen molar-refractivity contribution < 1.29 is 19.1 Å². The van der Waals surface area contributed by atoms with Gasteiger partial charge in [-0.2, -0.15) is 0 Å². The fourth-order valence-electron chi connectivity index (χ4n) is 4.23. The summed E-state index contributed by atoms with van der Waals surface area (Å²) in [5.41, 5.74) is 0.786. The van der Waals surface area contributed by atoms with Crippen LogP contribution in [-0.4, -0.2) is 42.5 Å². The molecule has 1 saturated carbocycles. The highest BCUT2D eigenvalue weighted by atomic mass is 35.5. The maximum atomic E-state index is 13.4. The van der Waals surface area contributed by atoms with Crippen LogP contribution in [0.3, 0.4) is 0 Å². The minimum atomic E-state index is -0.614. The van der Waals surface area contributed by atoms with E-state index >= 15 is 0 Å². The third-order valence-corrected chi connectivity index (χ3v) is 6.42. The fourth-order valence-corrected chi connectivity index (χ4v) is 4.43. The molecule has 33 heavy (non-hydrogen) atoms. The maximum absolute atomic E-state index is 13.4.